The molecule has 2 aromatic rings. The van der Waals surface area contributed by atoms with Crippen LogP contribution in [0.4, 0.5) is 5.00 Å². The van der Waals surface area contributed by atoms with E-state index in [2.05, 4.69) is 16.4 Å². The Hall–Kier alpha value is -2.50. The molecule has 25 heavy (non-hydrogen) atoms. The van der Waals surface area contributed by atoms with Crippen molar-refractivity contribution in [3.63, 3.8) is 0 Å². The van der Waals surface area contributed by atoms with Gasteiger partial charge in [-0.2, -0.15) is 5.26 Å². The molecule has 1 N–H and O–H groups in total. The monoisotopic (exact) mass is 375 g/mol. The van der Waals surface area contributed by atoms with Gasteiger partial charge in [-0.05, 0) is 33.3 Å². The predicted octanol–water partition coefficient (Wildman–Crippen LogP) is 4.18. The van der Waals surface area contributed by atoms with Crippen molar-refractivity contribution in [3.8, 4) is 6.07 Å². The third-order valence-electron chi connectivity index (χ3n) is 3.26. The van der Waals surface area contributed by atoms with E-state index in [0.717, 1.165) is 5.69 Å². The second kappa shape index (κ2) is 8.05. The second-order valence-electron chi connectivity index (χ2n) is 5.15. The summed E-state index contributed by atoms with van der Waals surface area (Å²) in [6, 6.07) is 2.09. The summed E-state index contributed by atoms with van der Waals surface area (Å²) in [5, 5.41) is 15.2. The normalized spacial score (nSPS) is 11.1. The maximum Gasteiger partial charge on any atom is 0.341 e. The largest absolute Gasteiger partial charge is 0.462 e. The van der Waals surface area contributed by atoms with Gasteiger partial charge in [0.2, 0.25) is 0 Å². The van der Waals surface area contributed by atoms with E-state index in [9.17, 15) is 14.9 Å². The van der Waals surface area contributed by atoms with E-state index >= 15 is 0 Å². The van der Waals surface area contributed by atoms with Gasteiger partial charge in [-0.25, -0.2) is 9.78 Å². The van der Waals surface area contributed by atoms with E-state index in [1.165, 1.54) is 35.8 Å². The molecule has 6 nitrogen and oxygen atoms in total. The van der Waals surface area contributed by atoms with Gasteiger partial charge in [-0.15, -0.1) is 22.7 Å². The number of nitriles is 1. The fourth-order valence-corrected chi connectivity index (χ4v) is 3.98. The third kappa shape index (κ3) is 4.13. The summed E-state index contributed by atoms with van der Waals surface area (Å²) in [6.07, 6.45) is 1.50. The molecule has 0 spiro atoms. The Kier molecular flexibility index (Phi) is 6.07. The number of thiophene rings is 1. The number of ketones is 1. The lowest BCUT2D eigenvalue weighted by molar-refractivity contribution is 0.0527. The van der Waals surface area contributed by atoms with Crippen LogP contribution in [0.2, 0.25) is 0 Å². The van der Waals surface area contributed by atoms with Crippen LogP contribution >= 0.6 is 22.7 Å². The molecule has 8 heteroatoms. The van der Waals surface area contributed by atoms with Crippen molar-refractivity contribution in [1.82, 2.24) is 4.98 Å². The second-order valence-corrected chi connectivity index (χ2v) is 7.02. The molecular weight excluding hydrogens is 358 g/mol. The first-order valence-corrected chi connectivity index (χ1v) is 9.19. The number of rotatable bonds is 6. The Morgan fingerprint density at radius 3 is 2.68 bits per heavy atom. The van der Waals surface area contributed by atoms with Crippen LogP contribution in [-0.2, 0) is 4.74 Å². The van der Waals surface area contributed by atoms with Gasteiger partial charge in [0.25, 0.3) is 0 Å². The van der Waals surface area contributed by atoms with E-state index in [1.807, 2.05) is 12.3 Å². The minimum Gasteiger partial charge on any atom is -0.462 e. The molecule has 2 heterocycles. The highest BCUT2D eigenvalue weighted by Gasteiger charge is 2.23. The zero-order valence-corrected chi connectivity index (χ0v) is 15.9. The lowest BCUT2D eigenvalue weighted by atomic mass is 10.1. The lowest BCUT2D eigenvalue weighted by Gasteiger charge is -2.05. The van der Waals surface area contributed by atoms with Gasteiger partial charge in [0.05, 0.1) is 17.0 Å². The molecule has 0 aliphatic heterocycles. The highest BCUT2D eigenvalue weighted by molar-refractivity contribution is 7.18. The molecule has 0 radical (unpaired) electrons. The number of Topliss-reactive ketones (excluding diaryl/α,β-unsaturated/α-hetero) is 1. The molecule has 2 aromatic heterocycles. The van der Waals surface area contributed by atoms with Crippen molar-refractivity contribution in [2.75, 3.05) is 11.9 Å². The van der Waals surface area contributed by atoms with Crippen LogP contribution in [0.25, 0.3) is 5.57 Å². The number of aromatic nitrogens is 1. The molecule has 130 valence electrons. The van der Waals surface area contributed by atoms with Gasteiger partial charge in [0.1, 0.15) is 21.7 Å². The first kappa shape index (κ1) is 18.8. The van der Waals surface area contributed by atoms with Crippen molar-refractivity contribution >= 4 is 45.0 Å². The molecule has 0 bridgehead atoms. The van der Waals surface area contributed by atoms with Crippen LogP contribution in [0.1, 0.15) is 50.1 Å². The molecule has 0 unspecified atom stereocenters. The summed E-state index contributed by atoms with van der Waals surface area (Å²) in [5.74, 6) is -0.621. The van der Waals surface area contributed by atoms with Gasteiger partial charge in [-0.1, -0.05) is 0 Å². The molecule has 0 atom stereocenters. The standard InChI is InChI=1S/C17H17N3O3S2/c1-5-23-17(22)13-10(3)14(11(4)21)25-16(13)19-7-12(6-18)15-20-9(2)8-24-15/h7-8,19H,5H2,1-4H3/b12-7+. The number of allylic oxidation sites excluding steroid dienone is 1. The number of hydrogen-bond acceptors (Lipinski definition) is 8. The number of ether oxygens (including phenoxy) is 1. The molecule has 0 saturated heterocycles. The Labute approximate surface area is 153 Å². The maximum atomic E-state index is 12.2. The van der Waals surface area contributed by atoms with Crippen LogP contribution in [-0.4, -0.2) is 23.3 Å². The van der Waals surface area contributed by atoms with E-state index in [4.69, 9.17) is 4.74 Å². The lowest BCUT2D eigenvalue weighted by Crippen LogP contribution is -2.08. The molecule has 0 fully saturated rings. The minimum absolute atomic E-state index is 0.124. The fraction of sp³-hybridized carbons (Fsp3) is 0.294. The van der Waals surface area contributed by atoms with Crippen molar-refractivity contribution in [1.29, 1.82) is 5.26 Å². The highest BCUT2D eigenvalue weighted by atomic mass is 32.1. The van der Waals surface area contributed by atoms with Gasteiger partial charge >= 0.3 is 5.97 Å². The summed E-state index contributed by atoms with van der Waals surface area (Å²) < 4.78 is 5.08. The summed E-state index contributed by atoms with van der Waals surface area (Å²) in [7, 11) is 0. The van der Waals surface area contributed by atoms with Crippen molar-refractivity contribution in [3.05, 3.63) is 38.3 Å². The quantitative estimate of drug-likeness (QED) is 0.463. The number of hydrogen-bond donors (Lipinski definition) is 1. The smallest absolute Gasteiger partial charge is 0.341 e. The Balaban J connectivity index is 2.42. The van der Waals surface area contributed by atoms with E-state index < -0.39 is 5.97 Å². The molecule has 0 aliphatic rings. The van der Waals surface area contributed by atoms with Crippen LogP contribution in [0.5, 0.6) is 0 Å². The predicted molar refractivity (Wildman–Crippen MR) is 99.1 cm³/mol. The van der Waals surface area contributed by atoms with Gasteiger partial charge < -0.3 is 10.1 Å². The van der Waals surface area contributed by atoms with Crippen molar-refractivity contribution in [2.45, 2.75) is 27.7 Å². The molecule has 0 aliphatic carbocycles. The molecule has 0 saturated carbocycles. The first-order valence-electron chi connectivity index (χ1n) is 7.49. The number of aryl methyl sites for hydroxylation is 1. The van der Waals surface area contributed by atoms with Crippen LogP contribution in [0.3, 0.4) is 0 Å². The average molecular weight is 375 g/mol. The number of nitrogens with zero attached hydrogens (tertiary/aromatic N) is 2. The van der Waals surface area contributed by atoms with E-state index in [0.29, 0.717) is 31.6 Å². The fourth-order valence-electron chi connectivity index (χ4n) is 2.16. The highest BCUT2D eigenvalue weighted by Crippen LogP contribution is 2.34. The number of carbonyl (C=O) groups is 2. The molecule has 2 rings (SSSR count). The van der Waals surface area contributed by atoms with Crippen molar-refractivity contribution in [2.24, 2.45) is 0 Å². The van der Waals surface area contributed by atoms with Gasteiger partial charge in [0.15, 0.2) is 5.78 Å². The number of nitrogens with one attached hydrogen (secondary N) is 1. The zero-order valence-electron chi connectivity index (χ0n) is 14.3. The Bertz CT molecular complexity index is 888. The minimum atomic E-state index is -0.497. The molecular formula is C17H17N3O3S2. The summed E-state index contributed by atoms with van der Waals surface area (Å²) >= 11 is 2.53. The first-order chi connectivity index (χ1) is 11.9. The van der Waals surface area contributed by atoms with Crippen LogP contribution < -0.4 is 5.32 Å². The van der Waals surface area contributed by atoms with Gasteiger partial charge in [-0.3, -0.25) is 4.79 Å². The van der Waals surface area contributed by atoms with Crippen LogP contribution in [0.15, 0.2) is 11.6 Å². The zero-order chi connectivity index (χ0) is 18.6. The number of esters is 1. The van der Waals surface area contributed by atoms with Crippen molar-refractivity contribution < 1.29 is 14.3 Å². The number of anilines is 1. The van der Waals surface area contributed by atoms with E-state index in [1.54, 1.807) is 13.8 Å². The van der Waals surface area contributed by atoms with Gasteiger partial charge in [0, 0.05) is 17.3 Å². The average Bonchev–Trinajstić information content (AvgIpc) is 3.12. The van der Waals surface area contributed by atoms with E-state index in [-0.39, 0.29) is 12.4 Å². The number of carbonyl (C=O) groups excluding carboxylic acids is 2. The summed E-state index contributed by atoms with van der Waals surface area (Å²) in [5.41, 5.74) is 2.08. The Morgan fingerprint density at radius 2 is 2.16 bits per heavy atom. The molecule has 0 aromatic carbocycles. The van der Waals surface area contributed by atoms with Crippen LogP contribution in [0, 0.1) is 25.2 Å². The topological polar surface area (TPSA) is 92.1 Å². The molecule has 0 amide bonds. The number of thiazole rings is 1. The summed E-state index contributed by atoms with van der Waals surface area (Å²) in [4.78, 5) is 28.8. The SMILES string of the molecule is CCOC(=O)c1c(N/C=C(\C#N)c2nc(C)cs2)sc(C(C)=O)c1C. The summed E-state index contributed by atoms with van der Waals surface area (Å²) in [6.45, 7) is 6.97. The third-order valence-corrected chi connectivity index (χ3v) is 5.58. The Morgan fingerprint density at radius 1 is 1.44 bits per heavy atom. The maximum absolute atomic E-state index is 12.2.